The summed E-state index contributed by atoms with van der Waals surface area (Å²) in [5.41, 5.74) is 2.00. The molecule has 0 saturated heterocycles. The number of nitrogens with one attached hydrogen (secondary N) is 1. The average Bonchev–Trinajstić information content (AvgIpc) is 2.67. The summed E-state index contributed by atoms with van der Waals surface area (Å²) in [6.45, 7) is 1.38. The van der Waals surface area contributed by atoms with Crippen molar-refractivity contribution in [2.45, 2.75) is 13.0 Å². The van der Waals surface area contributed by atoms with E-state index in [1.807, 2.05) is 48.5 Å². The number of fused-ring (bicyclic) bond motifs is 1. The van der Waals surface area contributed by atoms with Crippen molar-refractivity contribution in [3.63, 3.8) is 0 Å². The Morgan fingerprint density at radius 2 is 1.73 bits per heavy atom. The maximum atomic E-state index is 10.5. The molecule has 0 atom stereocenters. The fraction of sp³-hybridized carbons (Fsp3) is 0.238. The van der Waals surface area contributed by atoms with Crippen molar-refractivity contribution in [1.82, 2.24) is 5.32 Å². The number of phenolic OH excluding ortho intramolecular Hbond substituents is 1. The van der Waals surface area contributed by atoms with Gasteiger partial charge in [-0.3, -0.25) is 0 Å². The van der Waals surface area contributed by atoms with Gasteiger partial charge in [-0.1, -0.05) is 36.4 Å². The van der Waals surface area contributed by atoms with Crippen molar-refractivity contribution in [2.24, 2.45) is 0 Å². The number of halogens is 1. The lowest BCUT2D eigenvalue weighted by molar-refractivity contribution is 0.396. The summed E-state index contributed by atoms with van der Waals surface area (Å²) in [4.78, 5) is 0. The third-order valence-electron chi connectivity index (χ3n) is 4.43. The maximum Gasteiger partial charge on any atom is 0.132 e. The zero-order chi connectivity index (χ0) is 18.5. The van der Waals surface area contributed by atoms with Crippen molar-refractivity contribution in [1.29, 1.82) is 0 Å². The van der Waals surface area contributed by atoms with Gasteiger partial charge in [0.05, 0.1) is 17.8 Å². The van der Waals surface area contributed by atoms with Crippen LogP contribution in [0.3, 0.4) is 0 Å². The number of ether oxygens (including phenoxy) is 2. The molecule has 0 aromatic heterocycles. The Hall–Kier alpha value is -1.99. The Morgan fingerprint density at radius 1 is 0.962 bits per heavy atom. The van der Waals surface area contributed by atoms with Gasteiger partial charge in [0.25, 0.3) is 0 Å². The molecule has 0 bridgehead atoms. The monoisotopic (exact) mass is 463 g/mol. The number of phenols is 1. The molecule has 0 spiro atoms. The lowest BCUT2D eigenvalue weighted by Crippen LogP contribution is -2.17. The molecule has 5 heteroatoms. The first-order valence-electron chi connectivity index (χ1n) is 8.44. The van der Waals surface area contributed by atoms with Crippen molar-refractivity contribution in [3.8, 4) is 17.2 Å². The van der Waals surface area contributed by atoms with Gasteiger partial charge in [0, 0.05) is 17.5 Å². The first-order chi connectivity index (χ1) is 12.6. The minimum Gasteiger partial charge on any atom is -0.507 e. The van der Waals surface area contributed by atoms with E-state index >= 15 is 0 Å². The van der Waals surface area contributed by atoms with Crippen molar-refractivity contribution < 1.29 is 14.6 Å². The molecule has 0 unspecified atom stereocenters. The Balaban J connectivity index is 1.65. The van der Waals surface area contributed by atoms with E-state index in [1.54, 1.807) is 14.2 Å². The number of aromatic hydroxyl groups is 1. The highest BCUT2D eigenvalue weighted by Crippen LogP contribution is 2.30. The van der Waals surface area contributed by atoms with Gasteiger partial charge >= 0.3 is 0 Å². The largest absolute Gasteiger partial charge is 0.507 e. The van der Waals surface area contributed by atoms with E-state index in [2.05, 4.69) is 27.9 Å². The van der Waals surface area contributed by atoms with E-state index in [0.717, 1.165) is 49.9 Å². The van der Waals surface area contributed by atoms with Crippen molar-refractivity contribution in [3.05, 3.63) is 63.2 Å². The fourth-order valence-electron chi connectivity index (χ4n) is 3.01. The Kier molecular flexibility index (Phi) is 6.21. The number of hydrogen-bond donors (Lipinski definition) is 2. The second-order valence-electron chi connectivity index (χ2n) is 6.02. The van der Waals surface area contributed by atoms with Crippen LogP contribution in [-0.2, 0) is 13.0 Å². The van der Waals surface area contributed by atoms with E-state index in [0.29, 0.717) is 12.3 Å². The minimum absolute atomic E-state index is 0.351. The molecule has 0 aliphatic carbocycles. The summed E-state index contributed by atoms with van der Waals surface area (Å²) in [6.07, 6.45) is 0.810. The number of benzene rings is 3. The van der Waals surface area contributed by atoms with Gasteiger partial charge in [-0.05, 0) is 58.6 Å². The van der Waals surface area contributed by atoms with E-state index in [9.17, 15) is 5.11 Å². The molecule has 0 aliphatic rings. The molecule has 2 N–H and O–H groups in total. The van der Waals surface area contributed by atoms with Crippen LogP contribution in [0.2, 0.25) is 0 Å². The molecule has 26 heavy (non-hydrogen) atoms. The van der Waals surface area contributed by atoms with Crippen LogP contribution in [0.15, 0.2) is 48.5 Å². The summed E-state index contributed by atoms with van der Waals surface area (Å²) in [5, 5.41) is 15.8. The predicted molar refractivity (Wildman–Crippen MR) is 113 cm³/mol. The second-order valence-corrected chi connectivity index (χ2v) is 7.18. The summed E-state index contributed by atoms with van der Waals surface area (Å²) in [6, 6.07) is 15.9. The summed E-state index contributed by atoms with van der Waals surface area (Å²) in [5.74, 6) is 2.07. The first-order valence-corrected chi connectivity index (χ1v) is 9.52. The van der Waals surface area contributed by atoms with Gasteiger partial charge in [-0.25, -0.2) is 0 Å². The van der Waals surface area contributed by atoms with Gasteiger partial charge in [0.1, 0.15) is 17.2 Å². The molecule has 3 aromatic rings. The molecule has 136 valence electrons. The smallest absolute Gasteiger partial charge is 0.132 e. The first kappa shape index (κ1) is 18.8. The standard InChI is InChI=1S/C21H22INO3/c1-25-19-12-18(22)20(26-2)11-15(19)9-10-23-13-16-8-7-14-5-3-4-6-17(14)21(16)24/h3-8,11-12,23-24H,9-10,13H2,1-2H3. The Morgan fingerprint density at radius 3 is 2.50 bits per heavy atom. The van der Waals surface area contributed by atoms with E-state index in [4.69, 9.17) is 9.47 Å². The maximum absolute atomic E-state index is 10.5. The van der Waals surface area contributed by atoms with Crippen LogP contribution in [0.25, 0.3) is 10.8 Å². The highest BCUT2D eigenvalue weighted by molar-refractivity contribution is 14.1. The van der Waals surface area contributed by atoms with Gasteiger partial charge < -0.3 is 19.9 Å². The lowest BCUT2D eigenvalue weighted by atomic mass is 10.1. The normalized spacial score (nSPS) is 10.9. The van der Waals surface area contributed by atoms with Gasteiger partial charge in [-0.2, -0.15) is 0 Å². The SMILES string of the molecule is COc1cc(CCNCc2ccc3ccccc3c2O)c(OC)cc1I. The van der Waals surface area contributed by atoms with Gasteiger partial charge in [0.15, 0.2) is 0 Å². The molecule has 4 nitrogen and oxygen atoms in total. The molecule has 3 aromatic carbocycles. The Bertz CT molecular complexity index is 911. The number of rotatable bonds is 7. The van der Waals surface area contributed by atoms with Gasteiger partial charge in [0.2, 0.25) is 0 Å². The fourth-order valence-corrected chi connectivity index (χ4v) is 3.67. The lowest BCUT2D eigenvalue weighted by Gasteiger charge is -2.13. The van der Waals surface area contributed by atoms with Crippen LogP contribution in [0.5, 0.6) is 17.2 Å². The third kappa shape index (κ3) is 4.04. The summed E-state index contributed by atoms with van der Waals surface area (Å²) >= 11 is 2.24. The Labute approximate surface area is 167 Å². The topological polar surface area (TPSA) is 50.7 Å². The molecule has 0 radical (unpaired) electrons. The summed E-state index contributed by atoms with van der Waals surface area (Å²) < 4.78 is 11.9. The van der Waals surface area contributed by atoms with Crippen LogP contribution >= 0.6 is 22.6 Å². The molecular weight excluding hydrogens is 441 g/mol. The van der Waals surface area contributed by atoms with Crippen LogP contribution < -0.4 is 14.8 Å². The molecule has 0 aliphatic heterocycles. The highest BCUT2D eigenvalue weighted by Gasteiger charge is 2.10. The molecule has 0 amide bonds. The third-order valence-corrected chi connectivity index (χ3v) is 5.27. The predicted octanol–water partition coefficient (Wildman–Crippen LogP) is 4.50. The van der Waals surface area contributed by atoms with E-state index in [-0.39, 0.29) is 0 Å². The molecule has 0 heterocycles. The number of hydrogen-bond acceptors (Lipinski definition) is 4. The zero-order valence-corrected chi connectivity index (χ0v) is 17.0. The van der Waals surface area contributed by atoms with Crippen molar-refractivity contribution in [2.75, 3.05) is 20.8 Å². The quantitative estimate of drug-likeness (QED) is 0.400. The van der Waals surface area contributed by atoms with Crippen LogP contribution in [-0.4, -0.2) is 25.9 Å². The van der Waals surface area contributed by atoms with E-state index < -0.39 is 0 Å². The van der Waals surface area contributed by atoms with Crippen LogP contribution in [0.4, 0.5) is 0 Å². The van der Waals surface area contributed by atoms with Crippen LogP contribution in [0, 0.1) is 3.57 Å². The molecule has 0 saturated carbocycles. The molecule has 0 fully saturated rings. The minimum atomic E-state index is 0.351. The molecule has 3 rings (SSSR count). The van der Waals surface area contributed by atoms with E-state index in [1.165, 1.54) is 0 Å². The zero-order valence-electron chi connectivity index (χ0n) is 14.9. The van der Waals surface area contributed by atoms with Gasteiger partial charge in [-0.15, -0.1) is 0 Å². The highest BCUT2D eigenvalue weighted by atomic mass is 127. The average molecular weight is 463 g/mol. The number of methoxy groups -OCH3 is 2. The summed E-state index contributed by atoms with van der Waals surface area (Å²) in [7, 11) is 3.36. The van der Waals surface area contributed by atoms with Crippen LogP contribution in [0.1, 0.15) is 11.1 Å². The second kappa shape index (κ2) is 8.60. The van der Waals surface area contributed by atoms with Crippen molar-refractivity contribution >= 4 is 33.4 Å². The molecular formula is C21H22INO3.